The number of alkyl halides is 3. The molecule has 3 aromatic rings. The highest BCUT2D eigenvalue weighted by atomic mass is 35.6. The highest BCUT2D eigenvalue weighted by Gasteiger charge is 2.38. The number of aromatic nitrogens is 2. The first-order valence-corrected chi connectivity index (χ1v) is 10.9. The number of carbonyl (C=O) groups excluding carboxylic acids is 1. The van der Waals surface area contributed by atoms with Gasteiger partial charge in [0.2, 0.25) is 9.70 Å². The fourth-order valence-electron chi connectivity index (χ4n) is 2.69. The second-order valence-corrected chi connectivity index (χ2v) is 9.95. The summed E-state index contributed by atoms with van der Waals surface area (Å²) in [5.41, 5.74) is 2.72. The van der Waals surface area contributed by atoms with E-state index in [-0.39, 0.29) is 11.8 Å². The summed E-state index contributed by atoms with van der Waals surface area (Å²) < 4.78 is 0.0479. The number of para-hydroxylation sites is 2. The minimum Gasteiger partial charge on any atom is -0.332 e. The summed E-state index contributed by atoms with van der Waals surface area (Å²) in [6, 6.07) is 17.7. The Bertz CT molecular complexity index is 954. The van der Waals surface area contributed by atoms with Crippen LogP contribution >= 0.6 is 46.6 Å². The average molecular weight is 457 g/mol. The third kappa shape index (κ3) is 4.95. The van der Waals surface area contributed by atoms with E-state index in [1.165, 1.54) is 11.8 Å². The molecule has 148 valence electrons. The molecular formula is C20H20Cl3N3OS. The lowest BCUT2D eigenvalue weighted by molar-refractivity contribution is -0.125. The first-order chi connectivity index (χ1) is 13.3. The van der Waals surface area contributed by atoms with Gasteiger partial charge in [-0.25, -0.2) is 4.98 Å². The van der Waals surface area contributed by atoms with Crippen molar-refractivity contribution in [2.24, 2.45) is 5.92 Å². The van der Waals surface area contributed by atoms with E-state index in [1.807, 2.05) is 54.6 Å². The number of hydrogen-bond acceptors (Lipinski definition) is 3. The van der Waals surface area contributed by atoms with Gasteiger partial charge < -0.3 is 5.32 Å². The van der Waals surface area contributed by atoms with Gasteiger partial charge in [0.15, 0.2) is 11.3 Å². The second kappa shape index (κ2) is 8.95. The topological polar surface area (TPSA) is 46.9 Å². The zero-order valence-corrected chi connectivity index (χ0v) is 18.5. The first kappa shape index (κ1) is 21.3. The van der Waals surface area contributed by atoms with Crippen molar-refractivity contribution in [1.82, 2.24) is 14.9 Å². The molecular weight excluding hydrogens is 437 g/mol. The van der Waals surface area contributed by atoms with E-state index in [0.29, 0.717) is 10.9 Å². The molecule has 8 heteroatoms. The lowest BCUT2D eigenvalue weighted by atomic mass is 10.2. The van der Waals surface area contributed by atoms with Crippen LogP contribution in [-0.4, -0.2) is 19.3 Å². The molecule has 0 radical (unpaired) electrons. The standard InChI is InChI=1S/C20H20Cl3N3OS/c1-13(2)17(27)25-18(20(21,22)23)26-16-11-7-6-10-15(16)24-19(26)28-12-14-8-4-3-5-9-14/h3-11,13,18H,12H2,1-2H3,(H,25,27)/t18-/m0/s1. The molecule has 1 N–H and O–H groups in total. The van der Waals surface area contributed by atoms with Crippen molar-refractivity contribution in [3.8, 4) is 0 Å². The summed E-state index contributed by atoms with van der Waals surface area (Å²) in [5.74, 6) is 0.257. The van der Waals surface area contributed by atoms with Crippen LogP contribution in [0.4, 0.5) is 0 Å². The Morgan fingerprint density at radius 1 is 1.11 bits per heavy atom. The summed E-state index contributed by atoms with van der Waals surface area (Å²) in [6.07, 6.45) is -0.891. The van der Waals surface area contributed by atoms with Crippen LogP contribution in [0, 0.1) is 5.92 Å². The minimum absolute atomic E-state index is 0.201. The molecule has 1 heterocycles. The summed E-state index contributed by atoms with van der Waals surface area (Å²) in [6.45, 7) is 3.59. The predicted molar refractivity (Wildman–Crippen MR) is 118 cm³/mol. The number of fused-ring (bicyclic) bond motifs is 1. The SMILES string of the molecule is CC(C)C(=O)N[C@@H](n1c(SCc2ccccc2)nc2ccccc21)C(Cl)(Cl)Cl. The van der Waals surface area contributed by atoms with Crippen LogP contribution in [0.15, 0.2) is 59.8 Å². The molecule has 0 aliphatic heterocycles. The molecule has 1 atom stereocenters. The number of amides is 1. The maximum Gasteiger partial charge on any atom is 0.229 e. The second-order valence-electron chi connectivity index (χ2n) is 6.63. The van der Waals surface area contributed by atoms with E-state index in [9.17, 15) is 4.79 Å². The number of halogens is 3. The maximum atomic E-state index is 12.4. The van der Waals surface area contributed by atoms with Crippen molar-refractivity contribution in [2.75, 3.05) is 0 Å². The van der Waals surface area contributed by atoms with Gasteiger partial charge in [0.1, 0.15) is 0 Å². The normalized spacial score (nSPS) is 13.1. The molecule has 0 saturated carbocycles. The van der Waals surface area contributed by atoms with Gasteiger partial charge >= 0.3 is 0 Å². The predicted octanol–water partition coefficient (Wildman–Crippen LogP) is 5.97. The highest BCUT2D eigenvalue weighted by molar-refractivity contribution is 7.98. The Kier molecular flexibility index (Phi) is 6.81. The number of imidazole rings is 1. The van der Waals surface area contributed by atoms with Crippen LogP contribution in [0.5, 0.6) is 0 Å². The molecule has 0 unspecified atom stereocenters. The third-order valence-corrected chi connectivity index (χ3v) is 5.79. The Morgan fingerprint density at radius 3 is 2.39 bits per heavy atom. The van der Waals surface area contributed by atoms with Gasteiger partial charge in [0, 0.05) is 11.7 Å². The molecule has 0 bridgehead atoms. The summed E-state index contributed by atoms with van der Waals surface area (Å²) in [4.78, 5) is 17.1. The van der Waals surface area contributed by atoms with Crippen LogP contribution in [-0.2, 0) is 10.5 Å². The van der Waals surface area contributed by atoms with E-state index in [0.717, 1.165) is 16.6 Å². The Hall–Kier alpha value is -1.40. The molecule has 2 aromatic carbocycles. The number of nitrogens with one attached hydrogen (secondary N) is 1. The fourth-order valence-corrected chi connectivity index (χ4v) is 4.14. The smallest absolute Gasteiger partial charge is 0.229 e. The number of hydrogen-bond donors (Lipinski definition) is 1. The molecule has 1 amide bonds. The van der Waals surface area contributed by atoms with Gasteiger partial charge in [-0.3, -0.25) is 9.36 Å². The van der Waals surface area contributed by atoms with Crippen LogP contribution in [0.25, 0.3) is 11.0 Å². The minimum atomic E-state index is -1.75. The van der Waals surface area contributed by atoms with Gasteiger partial charge in [0.05, 0.1) is 11.0 Å². The first-order valence-electron chi connectivity index (χ1n) is 8.78. The Balaban J connectivity index is 2.04. The van der Waals surface area contributed by atoms with E-state index in [1.54, 1.807) is 18.4 Å². The van der Waals surface area contributed by atoms with Crippen molar-refractivity contribution in [3.63, 3.8) is 0 Å². The average Bonchev–Trinajstić information content (AvgIpc) is 3.02. The van der Waals surface area contributed by atoms with E-state index >= 15 is 0 Å². The molecule has 28 heavy (non-hydrogen) atoms. The van der Waals surface area contributed by atoms with Crippen molar-refractivity contribution in [2.45, 2.75) is 34.7 Å². The Labute approximate surface area is 183 Å². The fraction of sp³-hybridized carbons (Fsp3) is 0.300. The van der Waals surface area contributed by atoms with E-state index < -0.39 is 9.96 Å². The van der Waals surface area contributed by atoms with Gasteiger partial charge in [-0.2, -0.15) is 0 Å². The van der Waals surface area contributed by atoms with Crippen molar-refractivity contribution in [3.05, 3.63) is 60.2 Å². The third-order valence-electron chi connectivity index (χ3n) is 4.15. The van der Waals surface area contributed by atoms with Gasteiger partial charge in [-0.15, -0.1) is 0 Å². The number of thioether (sulfide) groups is 1. The highest BCUT2D eigenvalue weighted by Crippen LogP contribution is 2.41. The van der Waals surface area contributed by atoms with Crippen molar-refractivity contribution in [1.29, 1.82) is 0 Å². The van der Waals surface area contributed by atoms with Crippen LogP contribution in [0.3, 0.4) is 0 Å². The van der Waals surface area contributed by atoms with Crippen molar-refractivity contribution >= 4 is 63.5 Å². The van der Waals surface area contributed by atoms with Gasteiger partial charge in [0.25, 0.3) is 0 Å². The molecule has 0 saturated heterocycles. The summed E-state index contributed by atoms with van der Waals surface area (Å²) in [7, 11) is 0. The number of rotatable bonds is 6. The molecule has 0 aliphatic carbocycles. The number of carbonyl (C=O) groups is 1. The quantitative estimate of drug-likeness (QED) is 0.367. The maximum absolute atomic E-state index is 12.4. The molecule has 0 spiro atoms. The number of nitrogens with zero attached hydrogens (tertiary/aromatic N) is 2. The van der Waals surface area contributed by atoms with Gasteiger partial charge in [-0.1, -0.05) is 103 Å². The largest absolute Gasteiger partial charge is 0.332 e. The summed E-state index contributed by atoms with van der Waals surface area (Å²) in [5, 5.41) is 3.54. The number of benzene rings is 2. The van der Waals surface area contributed by atoms with Crippen LogP contribution in [0.1, 0.15) is 25.6 Å². The zero-order chi connectivity index (χ0) is 20.3. The van der Waals surface area contributed by atoms with Crippen molar-refractivity contribution < 1.29 is 4.79 Å². The lowest BCUT2D eigenvalue weighted by Gasteiger charge is -2.29. The molecule has 3 rings (SSSR count). The molecule has 0 aliphatic rings. The van der Waals surface area contributed by atoms with Gasteiger partial charge in [-0.05, 0) is 17.7 Å². The van der Waals surface area contributed by atoms with E-state index in [2.05, 4.69) is 5.32 Å². The lowest BCUT2D eigenvalue weighted by Crippen LogP contribution is -2.42. The van der Waals surface area contributed by atoms with Crippen LogP contribution < -0.4 is 5.32 Å². The Morgan fingerprint density at radius 2 is 1.75 bits per heavy atom. The van der Waals surface area contributed by atoms with Crippen LogP contribution in [0.2, 0.25) is 0 Å². The molecule has 0 fully saturated rings. The van der Waals surface area contributed by atoms with E-state index in [4.69, 9.17) is 39.8 Å². The molecule has 1 aromatic heterocycles. The summed E-state index contributed by atoms with van der Waals surface area (Å²) >= 11 is 20.4. The molecule has 4 nitrogen and oxygen atoms in total. The monoisotopic (exact) mass is 455 g/mol. The zero-order valence-electron chi connectivity index (χ0n) is 15.4.